The minimum Gasteiger partial charge on any atom is -0.178 e. The summed E-state index contributed by atoms with van der Waals surface area (Å²) in [5.74, 6) is 5.38. The summed E-state index contributed by atoms with van der Waals surface area (Å²) in [6, 6.07) is 0. The van der Waals surface area contributed by atoms with Crippen LogP contribution >= 0.6 is 9.12 Å². The third-order valence-corrected chi connectivity index (χ3v) is 4.96. The molecule has 5 unspecified atom stereocenters. The summed E-state index contributed by atoms with van der Waals surface area (Å²) in [7, 11) is 2.88. The normalized spacial score (nSPS) is 33.6. The fourth-order valence-electron chi connectivity index (χ4n) is 3.65. The van der Waals surface area contributed by atoms with Gasteiger partial charge in [0.25, 0.3) is 0 Å². The maximum atomic E-state index is 2.88. The topological polar surface area (TPSA) is 0 Å². The summed E-state index contributed by atoms with van der Waals surface area (Å²) in [5.41, 5.74) is 0. The molecule has 0 aromatic heterocycles. The van der Waals surface area contributed by atoms with E-state index in [0.29, 0.717) is 0 Å². The van der Waals surface area contributed by atoms with Crippen molar-refractivity contribution in [1.29, 1.82) is 0 Å². The van der Waals surface area contributed by atoms with E-state index in [-0.39, 0.29) is 0 Å². The van der Waals surface area contributed by atoms with Crippen molar-refractivity contribution in [3.05, 3.63) is 0 Å². The highest BCUT2D eigenvalue weighted by atomic mass is 31.0. The van der Waals surface area contributed by atoms with Crippen LogP contribution in [-0.2, 0) is 0 Å². The van der Waals surface area contributed by atoms with Gasteiger partial charge in [-0.2, -0.15) is 9.12 Å². The zero-order valence-corrected chi connectivity index (χ0v) is 13.6. The Hall–Kier alpha value is 0.495. The fourth-order valence-corrected chi connectivity index (χ4v) is 4.32. The van der Waals surface area contributed by atoms with Crippen LogP contribution in [0.5, 0.6) is 0 Å². The van der Waals surface area contributed by atoms with E-state index in [9.17, 15) is 0 Å². The van der Waals surface area contributed by atoms with Crippen LogP contribution in [0.25, 0.3) is 0 Å². The molecule has 2 heteroatoms. The molecule has 0 spiro atoms. The van der Waals surface area contributed by atoms with Crippen molar-refractivity contribution in [2.45, 2.75) is 66.1 Å². The van der Waals surface area contributed by atoms with Gasteiger partial charge >= 0.3 is 0 Å². The Labute approximate surface area is 112 Å². The van der Waals surface area contributed by atoms with Crippen molar-refractivity contribution < 1.29 is 0 Å². The summed E-state index contributed by atoms with van der Waals surface area (Å²) in [6.45, 7) is 14.3. The number of hydrogen-bond acceptors (Lipinski definition) is 0. The van der Waals surface area contributed by atoms with Crippen LogP contribution in [0, 0.1) is 29.6 Å². The molecule has 1 aliphatic carbocycles. The molecule has 0 amide bonds. The van der Waals surface area contributed by atoms with Gasteiger partial charge in [0.15, 0.2) is 0 Å². The Balaban J connectivity index is 2.60. The van der Waals surface area contributed by atoms with Gasteiger partial charge in [-0.25, -0.2) is 0 Å². The first-order chi connectivity index (χ1) is 7.95. The van der Waals surface area contributed by atoms with Crippen molar-refractivity contribution in [2.24, 2.45) is 29.6 Å². The lowest BCUT2D eigenvalue weighted by atomic mass is 9.69. The highest BCUT2D eigenvalue weighted by Gasteiger charge is 2.39. The Kier molecular flexibility index (Phi) is 6.56. The number of rotatable bonds is 6. The zero-order chi connectivity index (χ0) is 13.0. The van der Waals surface area contributed by atoms with E-state index >= 15 is 0 Å². The molecule has 0 aromatic carbocycles. The Bertz CT molecular complexity index is 215. The van der Waals surface area contributed by atoms with E-state index in [1.165, 1.54) is 25.7 Å². The number of hydrogen-bond donors (Lipinski definition) is 0. The maximum absolute atomic E-state index is 2.88. The minimum atomic E-state index is 0.847. The van der Waals surface area contributed by atoms with Crippen LogP contribution in [0.15, 0.2) is 0 Å². The lowest BCUT2D eigenvalue weighted by Gasteiger charge is -2.27. The van der Waals surface area contributed by atoms with E-state index in [1.54, 1.807) is 0 Å². The molecule has 0 bridgehead atoms. The lowest BCUT2D eigenvalue weighted by molar-refractivity contribution is 0.292. The highest BCUT2D eigenvalue weighted by Crippen LogP contribution is 2.50. The van der Waals surface area contributed by atoms with Crippen LogP contribution in [-0.4, -0.2) is 7.00 Å². The smallest absolute Gasteiger partial charge is 0.142 e. The molecule has 17 heavy (non-hydrogen) atoms. The Morgan fingerprint density at radius 2 is 1.82 bits per heavy atom. The molecular formula is C15H31BP. The summed E-state index contributed by atoms with van der Waals surface area (Å²) in [5, 5.41) is 0. The van der Waals surface area contributed by atoms with E-state index in [4.69, 9.17) is 0 Å². The van der Waals surface area contributed by atoms with Crippen molar-refractivity contribution in [3.8, 4) is 0 Å². The third kappa shape index (κ3) is 4.58. The van der Waals surface area contributed by atoms with Crippen molar-refractivity contribution in [1.82, 2.24) is 0 Å². The van der Waals surface area contributed by atoms with Gasteiger partial charge in [0.05, 0.1) is 0 Å². The maximum Gasteiger partial charge on any atom is 0.142 e. The SMILES string of the molecule is CC(C)CCC1CC(C)C([B]P)C1CC(C)C. The van der Waals surface area contributed by atoms with Gasteiger partial charge in [-0.3, -0.25) is 0 Å². The summed E-state index contributed by atoms with van der Waals surface area (Å²) in [6.07, 6.45) is 5.74. The predicted molar refractivity (Wildman–Crippen MR) is 83.5 cm³/mol. The largest absolute Gasteiger partial charge is 0.178 e. The van der Waals surface area contributed by atoms with Crippen LogP contribution in [0.2, 0.25) is 5.82 Å². The van der Waals surface area contributed by atoms with Gasteiger partial charge in [0, 0.05) is 0 Å². The van der Waals surface area contributed by atoms with Gasteiger partial charge in [-0.15, -0.1) is 0 Å². The molecule has 99 valence electrons. The molecular weight excluding hydrogens is 222 g/mol. The van der Waals surface area contributed by atoms with E-state index in [1.807, 2.05) is 0 Å². The molecule has 1 fully saturated rings. The van der Waals surface area contributed by atoms with Crippen molar-refractivity contribution in [2.75, 3.05) is 0 Å². The third-order valence-electron chi connectivity index (χ3n) is 4.51. The quantitative estimate of drug-likeness (QED) is 0.460. The molecule has 1 rings (SSSR count). The molecule has 0 N–H and O–H groups in total. The molecule has 1 saturated carbocycles. The van der Waals surface area contributed by atoms with Gasteiger partial charge in [0.1, 0.15) is 7.00 Å². The first-order valence-electron chi connectivity index (χ1n) is 7.50. The zero-order valence-electron chi connectivity index (χ0n) is 12.4. The van der Waals surface area contributed by atoms with Crippen molar-refractivity contribution in [3.63, 3.8) is 0 Å². The summed E-state index contributed by atoms with van der Waals surface area (Å²) >= 11 is 0. The predicted octanol–water partition coefficient (Wildman–Crippen LogP) is 5.02. The van der Waals surface area contributed by atoms with E-state index in [2.05, 4.69) is 50.7 Å². The van der Waals surface area contributed by atoms with Crippen LogP contribution < -0.4 is 0 Å². The summed E-state index contributed by atoms with van der Waals surface area (Å²) < 4.78 is 0. The minimum absolute atomic E-state index is 0.847. The second-order valence-electron chi connectivity index (χ2n) is 7.01. The second kappa shape index (κ2) is 7.17. The van der Waals surface area contributed by atoms with E-state index < -0.39 is 0 Å². The molecule has 1 aliphatic rings. The summed E-state index contributed by atoms with van der Waals surface area (Å²) in [4.78, 5) is 0. The van der Waals surface area contributed by atoms with Gasteiger partial charge in [-0.05, 0) is 48.9 Å². The molecule has 0 saturated heterocycles. The average Bonchev–Trinajstić information content (AvgIpc) is 2.51. The van der Waals surface area contributed by atoms with Crippen LogP contribution in [0.3, 0.4) is 0 Å². The average molecular weight is 253 g/mol. The van der Waals surface area contributed by atoms with Gasteiger partial charge in [0.2, 0.25) is 0 Å². The molecule has 5 atom stereocenters. The Morgan fingerprint density at radius 1 is 1.18 bits per heavy atom. The van der Waals surface area contributed by atoms with Crippen molar-refractivity contribution >= 4 is 16.1 Å². The lowest BCUT2D eigenvalue weighted by Crippen LogP contribution is -2.17. The second-order valence-corrected chi connectivity index (χ2v) is 7.39. The first kappa shape index (κ1) is 15.6. The Morgan fingerprint density at radius 3 is 2.29 bits per heavy atom. The molecule has 0 aromatic rings. The monoisotopic (exact) mass is 253 g/mol. The van der Waals surface area contributed by atoms with Gasteiger partial charge in [-0.1, -0.05) is 46.9 Å². The standard InChI is InChI=1S/C15H31BP/c1-10(2)6-7-13-9-12(5)15(16-17)14(13)8-11(3)4/h10-15H,6-9,17H2,1-5H3. The first-order valence-corrected chi connectivity index (χ1v) is 8.17. The van der Waals surface area contributed by atoms with Crippen LogP contribution in [0.1, 0.15) is 60.3 Å². The highest BCUT2D eigenvalue weighted by molar-refractivity contribution is 7.56. The molecule has 0 heterocycles. The van der Waals surface area contributed by atoms with E-state index in [0.717, 1.165) is 35.4 Å². The van der Waals surface area contributed by atoms with Gasteiger partial charge < -0.3 is 0 Å². The fraction of sp³-hybridized carbons (Fsp3) is 1.00. The molecule has 1 radical (unpaired) electrons. The molecule has 0 aliphatic heterocycles. The van der Waals surface area contributed by atoms with Crippen LogP contribution in [0.4, 0.5) is 0 Å². The molecule has 0 nitrogen and oxygen atoms in total.